The molecular formula is C21H15ClN2O3. The van der Waals surface area contributed by atoms with E-state index < -0.39 is 5.91 Å². The normalized spacial score (nSPS) is 14.0. The van der Waals surface area contributed by atoms with Gasteiger partial charge < -0.3 is 4.74 Å². The van der Waals surface area contributed by atoms with Crippen LogP contribution in [-0.4, -0.2) is 24.0 Å². The predicted molar refractivity (Wildman–Crippen MR) is 105 cm³/mol. The van der Waals surface area contributed by atoms with Gasteiger partial charge in [-0.1, -0.05) is 48.0 Å². The fraction of sp³-hybridized carbons (Fsp3) is 0.0952. The number of ether oxygens (including phenoxy) is 1. The van der Waals surface area contributed by atoms with E-state index in [1.807, 2.05) is 37.3 Å². The molecule has 3 aromatic carbocycles. The van der Waals surface area contributed by atoms with Crippen LogP contribution >= 0.6 is 11.6 Å². The van der Waals surface area contributed by atoms with Crippen molar-refractivity contribution in [3.63, 3.8) is 0 Å². The lowest BCUT2D eigenvalue weighted by Crippen LogP contribution is -2.27. The Kier molecular flexibility index (Phi) is 4.38. The van der Waals surface area contributed by atoms with Crippen molar-refractivity contribution in [1.29, 1.82) is 0 Å². The third-order valence-electron chi connectivity index (χ3n) is 4.41. The van der Waals surface area contributed by atoms with Gasteiger partial charge >= 0.3 is 0 Å². The zero-order chi connectivity index (χ0) is 19.0. The van der Waals surface area contributed by atoms with E-state index in [1.165, 1.54) is 0 Å². The highest BCUT2D eigenvalue weighted by Crippen LogP contribution is 2.30. The highest BCUT2D eigenvalue weighted by Gasteiger charge is 2.28. The molecule has 1 aliphatic carbocycles. The van der Waals surface area contributed by atoms with Crippen LogP contribution in [-0.2, 0) is 4.79 Å². The zero-order valence-electron chi connectivity index (χ0n) is 14.5. The predicted octanol–water partition coefficient (Wildman–Crippen LogP) is 3.90. The van der Waals surface area contributed by atoms with Crippen LogP contribution in [0.5, 0.6) is 5.75 Å². The molecule has 5 nitrogen and oxygen atoms in total. The molecule has 1 aliphatic rings. The molecule has 0 heterocycles. The van der Waals surface area contributed by atoms with Gasteiger partial charge in [0.05, 0.1) is 0 Å². The lowest BCUT2D eigenvalue weighted by molar-refractivity contribution is -0.123. The molecule has 0 saturated carbocycles. The van der Waals surface area contributed by atoms with Crippen LogP contribution < -0.4 is 10.2 Å². The number of amides is 1. The molecule has 0 radical (unpaired) electrons. The number of Topliss-reactive ketones (excluding diaryl/α,β-unsaturated/α-hetero) is 1. The maximum absolute atomic E-state index is 12.6. The number of rotatable bonds is 4. The number of aryl methyl sites for hydroxylation is 1. The molecule has 0 atom stereocenters. The van der Waals surface area contributed by atoms with E-state index in [1.54, 1.807) is 24.3 Å². The smallest absolute Gasteiger partial charge is 0.277 e. The quantitative estimate of drug-likeness (QED) is 0.700. The summed E-state index contributed by atoms with van der Waals surface area (Å²) in [5.74, 6) is -0.115. The lowest BCUT2D eigenvalue weighted by atomic mass is 10.1. The second-order valence-corrected chi connectivity index (χ2v) is 6.64. The zero-order valence-corrected chi connectivity index (χ0v) is 15.2. The van der Waals surface area contributed by atoms with E-state index >= 15 is 0 Å². The molecule has 27 heavy (non-hydrogen) atoms. The van der Waals surface area contributed by atoms with Crippen LogP contribution in [0.3, 0.4) is 0 Å². The van der Waals surface area contributed by atoms with E-state index in [0.29, 0.717) is 16.3 Å². The number of ketones is 1. The number of carbonyl (C=O) groups excluding carboxylic acids is 2. The largest absolute Gasteiger partial charge is 0.484 e. The maximum Gasteiger partial charge on any atom is 0.277 e. The maximum atomic E-state index is 12.6. The van der Waals surface area contributed by atoms with Crippen LogP contribution in [0, 0.1) is 6.92 Å². The number of nitrogens with one attached hydrogen (secondary N) is 1. The fourth-order valence-electron chi connectivity index (χ4n) is 3.09. The lowest BCUT2D eigenvalue weighted by Gasteiger charge is -2.07. The van der Waals surface area contributed by atoms with Gasteiger partial charge in [0.25, 0.3) is 5.91 Å². The molecule has 0 aliphatic heterocycles. The van der Waals surface area contributed by atoms with Gasteiger partial charge in [0.15, 0.2) is 6.61 Å². The molecule has 6 heteroatoms. The Labute approximate surface area is 160 Å². The van der Waals surface area contributed by atoms with E-state index in [-0.39, 0.29) is 18.1 Å². The Bertz CT molecular complexity index is 1120. The van der Waals surface area contributed by atoms with E-state index in [2.05, 4.69) is 10.5 Å². The van der Waals surface area contributed by atoms with Gasteiger partial charge in [0.1, 0.15) is 11.5 Å². The molecule has 0 bridgehead atoms. The molecule has 1 amide bonds. The van der Waals surface area contributed by atoms with Gasteiger partial charge in [0.2, 0.25) is 5.78 Å². The summed E-state index contributed by atoms with van der Waals surface area (Å²) in [5, 5.41) is 6.52. The van der Waals surface area contributed by atoms with Crippen molar-refractivity contribution in [3.05, 3.63) is 76.3 Å². The topological polar surface area (TPSA) is 67.8 Å². The van der Waals surface area contributed by atoms with Crippen LogP contribution in [0.15, 0.2) is 59.7 Å². The number of carbonyl (C=O) groups is 2. The summed E-state index contributed by atoms with van der Waals surface area (Å²) in [6.45, 7) is 1.63. The van der Waals surface area contributed by atoms with Gasteiger partial charge in [-0.25, -0.2) is 5.43 Å². The standard InChI is InChI=1S/C21H15ClN2O3/c1-12-10-14(8-9-17(12)22)27-11-18(25)23-24-20-15-6-2-4-13-5-3-7-16(19(13)15)21(20)26/h2-10H,11H2,1H3,(H,23,25)/b24-20-. The van der Waals surface area contributed by atoms with Gasteiger partial charge in [-0.15, -0.1) is 0 Å². The van der Waals surface area contributed by atoms with Gasteiger partial charge in [-0.3, -0.25) is 9.59 Å². The number of halogens is 1. The number of benzene rings is 3. The number of hydrogen-bond acceptors (Lipinski definition) is 4. The highest BCUT2D eigenvalue weighted by atomic mass is 35.5. The van der Waals surface area contributed by atoms with E-state index in [4.69, 9.17) is 16.3 Å². The Hall–Kier alpha value is -3.18. The molecule has 0 fully saturated rings. The minimum absolute atomic E-state index is 0.198. The van der Waals surface area contributed by atoms with Gasteiger partial charge in [0, 0.05) is 21.5 Å². The van der Waals surface area contributed by atoms with Crippen LogP contribution in [0.25, 0.3) is 10.8 Å². The minimum atomic E-state index is -0.453. The van der Waals surface area contributed by atoms with Crippen molar-refractivity contribution >= 4 is 39.8 Å². The summed E-state index contributed by atoms with van der Waals surface area (Å²) in [7, 11) is 0. The van der Waals surface area contributed by atoms with Crippen LogP contribution in [0.2, 0.25) is 5.02 Å². The number of hydrogen-bond donors (Lipinski definition) is 1. The molecule has 0 spiro atoms. The molecule has 4 rings (SSSR count). The summed E-state index contributed by atoms with van der Waals surface area (Å²) in [6.07, 6.45) is 0. The summed E-state index contributed by atoms with van der Waals surface area (Å²) >= 11 is 5.97. The Morgan fingerprint density at radius 2 is 1.85 bits per heavy atom. The summed E-state index contributed by atoms with van der Waals surface area (Å²) in [5.41, 5.74) is 4.82. The average Bonchev–Trinajstić information content (AvgIpc) is 2.95. The summed E-state index contributed by atoms with van der Waals surface area (Å²) in [4.78, 5) is 24.7. The molecule has 0 saturated heterocycles. The highest BCUT2D eigenvalue weighted by molar-refractivity contribution is 6.59. The molecule has 134 valence electrons. The number of hydrazone groups is 1. The average molecular weight is 379 g/mol. The van der Waals surface area contributed by atoms with Crippen molar-refractivity contribution in [2.24, 2.45) is 5.10 Å². The molecule has 0 aromatic heterocycles. The number of nitrogens with zero attached hydrogens (tertiary/aromatic N) is 1. The first-order valence-corrected chi connectivity index (χ1v) is 8.74. The molecule has 3 aromatic rings. The third kappa shape index (κ3) is 3.17. The van der Waals surface area contributed by atoms with Crippen molar-refractivity contribution in [2.45, 2.75) is 6.92 Å². The van der Waals surface area contributed by atoms with E-state index in [9.17, 15) is 9.59 Å². The molecular weight excluding hydrogens is 364 g/mol. The van der Waals surface area contributed by atoms with Crippen molar-refractivity contribution in [1.82, 2.24) is 5.43 Å². The minimum Gasteiger partial charge on any atom is -0.484 e. The van der Waals surface area contributed by atoms with Crippen molar-refractivity contribution < 1.29 is 14.3 Å². The first kappa shape index (κ1) is 17.2. The first-order valence-electron chi connectivity index (χ1n) is 8.37. The Morgan fingerprint density at radius 1 is 1.11 bits per heavy atom. The van der Waals surface area contributed by atoms with Crippen LogP contribution in [0.1, 0.15) is 21.5 Å². The van der Waals surface area contributed by atoms with Gasteiger partial charge in [-0.2, -0.15) is 5.10 Å². The second-order valence-electron chi connectivity index (χ2n) is 6.23. The van der Waals surface area contributed by atoms with Gasteiger partial charge in [-0.05, 0) is 36.1 Å². The van der Waals surface area contributed by atoms with Crippen LogP contribution in [0.4, 0.5) is 0 Å². The Morgan fingerprint density at radius 3 is 2.59 bits per heavy atom. The van der Waals surface area contributed by atoms with Crippen molar-refractivity contribution in [3.8, 4) is 5.75 Å². The SMILES string of the molecule is Cc1cc(OCC(=O)N/N=C2\C(=O)c3cccc4cccc2c34)ccc1Cl. The molecule has 0 unspecified atom stereocenters. The third-order valence-corrected chi connectivity index (χ3v) is 4.84. The summed E-state index contributed by atoms with van der Waals surface area (Å²) in [6, 6.07) is 16.3. The summed E-state index contributed by atoms with van der Waals surface area (Å²) < 4.78 is 5.44. The first-order chi connectivity index (χ1) is 13.0. The Balaban J connectivity index is 1.48. The second kappa shape index (κ2) is 6.85. The van der Waals surface area contributed by atoms with E-state index in [0.717, 1.165) is 21.9 Å². The molecule has 1 N–H and O–H groups in total. The fourth-order valence-corrected chi connectivity index (χ4v) is 3.21. The van der Waals surface area contributed by atoms with Crippen molar-refractivity contribution in [2.75, 3.05) is 6.61 Å². The monoisotopic (exact) mass is 378 g/mol.